The summed E-state index contributed by atoms with van der Waals surface area (Å²) in [6.07, 6.45) is 7.47. The van der Waals surface area contributed by atoms with Crippen molar-refractivity contribution < 1.29 is 4.52 Å². The number of piperidine rings is 1. The molecule has 0 atom stereocenters. The average molecular weight is 311 g/mol. The molecule has 1 aliphatic rings. The van der Waals surface area contributed by atoms with E-state index in [2.05, 4.69) is 35.2 Å². The molecule has 0 unspecified atom stereocenters. The molecule has 1 aliphatic heterocycles. The molecule has 4 heterocycles. The number of aromatic nitrogens is 6. The SMILES string of the molecule is c1n[nH]c(Cc2nc(-c3ccc(N4CCCCC4)nc3)no2)n1. The van der Waals surface area contributed by atoms with Gasteiger partial charge in [0, 0.05) is 24.8 Å². The number of nitrogens with zero attached hydrogens (tertiary/aromatic N) is 6. The van der Waals surface area contributed by atoms with E-state index in [9.17, 15) is 0 Å². The molecule has 0 amide bonds. The number of rotatable bonds is 4. The van der Waals surface area contributed by atoms with Crippen LogP contribution < -0.4 is 4.90 Å². The highest BCUT2D eigenvalue weighted by atomic mass is 16.5. The zero-order chi connectivity index (χ0) is 15.5. The number of hydrogen-bond donors (Lipinski definition) is 1. The highest BCUT2D eigenvalue weighted by Gasteiger charge is 2.14. The van der Waals surface area contributed by atoms with E-state index in [-0.39, 0.29) is 0 Å². The van der Waals surface area contributed by atoms with Crippen molar-refractivity contribution in [3.8, 4) is 11.4 Å². The summed E-state index contributed by atoms with van der Waals surface area (Å²) in [5, 5.41) is 10.6. The zero-order valence-electron chi connectivity index (χ0n) is 12.6. The fraction of sp³-hybridized carbons (Fsp3) is 0.400. The third kappa shape index (κ3) is 3.05. The van der Waals surface area contributed by atoms with Crippen LogP contribution in [-0.4, -0.2) is 43.4 Å². The third-order valence-electron chi connectivity index (χ3n) is 3.94. The maximum Gasteiger partial charge on any atom is 0.234 e. The van der Waals surface area contributed by atoms with Gasteiger partial charge in [0.2, 0.25) is 11.7 Å². The normalized spacial score (nSPS) is 15.0. The van der Waals surface area contributed by atoms with E-state index < -0.39 is 0 Å². The van der Waals surface area contributed by atoms with Crippen LogP contribution in [0.4, 0.5) is 5.82 Å². The second kappa shape index (κ2) is 6.15. The molecule has 0 saturated carbocycles. The minimum atomic E-state index is 0.437. The van der Waals surface area contributed by atoms with Crippen molar-refractivity contribution in [2.45, 2.75) is 25.7 Å². The summed E-state index contributed by atoms with van der Waals surface area (Å²) in [5.41, 5.74) is 0.846. The molecule has 23 heavy (non-hydrogen) atoms. The van der Waals surface area contributed by atoms with Crippen molar-refractivity contribution in [3.63, 3.8) is 0 Å². The zero-order valence-corrected chi connectivity index (χ0v) is 12.6. The topological polar surface area (TPSA) is 96.6 Å². The van der Waals surface area contributed by atoms with Gasteiger partial charge in [0.1, 0.15) is 18.0 Å². The van der Waals surface area contributed by atoms with Crippen LogP contribution >= 0.6 is 0 Å². The van der Waals surface area contributed by atoms with Crippen LogP contribution in [0.1, 0.15) is 31.0 Å². The molecule has 8 heteroatoms. The molecule has 0 aromatic carbocycles. The first-order valence-electron chi connectivity index (χ1n) is 7.77. The summed E-state index contributed by atoms with van der Waals surface area (Å²) < 4.78 is 5.25. The van der Waals surface area contributed by atoms with Gasteiger partial charge in [-0.15, -0.1) is 0 Å². The fourth-order valence-corrected chi connectivity index (χ4v) is 2.73. The molecule has 118 valence electrons. The van der Waals surface area contributed by atoms with Gasteiger partial charge in [-0.2, -0.15) is 10.1 Å². The molecule has 1 fully saturated rings. The number of nitrogens with one attached hydrogen (secondary N) is 1. The molecule has 1 N–H and O–H groups in total. The first-order chi connectivity index (χ1) is 11.4. The minimum absolute atomic E-state index is 0.437. The molecule has 0 aliphatic carbocycles. The quantitative estimate of drug-likeness (QED) is 0.785. The molecule has 3 aromatic heterocycles. The van der Waals surface area contributed by atoms with Gasteiger partial charge >= 0.3 is 0 Å². The van der Waals surface area contributed by atoms with Crippen LogP contribution in [0, 0.1) is 0 Å². The van der Waals surface area contributed by atoms with E-state index in [0.717, 1.165) is 24.5 Å². The molecule has 0 bridgehead atoms. The fourth-order valence-electron chi connectivity index (χ4n) is 2.73. The number of pyridine rings is 1. The van der Waals surface area contributed by atoms with Gasteiger partial charge in [0.15, 0.2) is 0 Å². The minimum Gasteiger partial charge on any atom is -0.357 e. The molecule has 4 rings (SSSR count). The summed E-state index contributed by atoms with van der Waals surface area (Å²) in [4.78, 5) is 15.3. The van der Waals surface area contributed by atoms with Gasteiger partial charge in [-0.05, 0) is 31.4 Å². The van der Waals surface area contributed by atoms with Crippen molar-refractivity contribution in [2.24, 2.45) is 0 Å². The molecule has 8 nitrogen and oxygen atoms in total. The van der Waals surface area contributed by atoms with Crippen molar-refractivity contribution >= 4 is 5.82 Å². The maximum atomic E-state index is 5.25. The van der Waals surface area contributed by atoms with E-state index in [0.29, 0.717) is 24.0 Å². The standard InChI is InChI=1S/C15H17N7O/c1-2-6-22(7-3-1)13-5-4-11(9-16-13)15-19-14(23-21-15)8-12-17-10-18-20-12/h4-5,9-10H,1-3,6-8H2,(H,17,18,20). The van der Waals surface area contributed by atoms with Crippen LogP contribution in [0.3, 0.4) is 0 Å². The first kappa shape index (κ1) is 13.9. The van der Waals surface area contributed by atoms with Crippen LogP contribution in [0.15, 0.2) is 29.2 Å². The van der Waals surface area contributed by atoms with E-state index in [1.54, 1.807) is 6.20 Å². The maximum absolute atomic E-state index is 5.25. The van der Waals surface area contributed by atoms with E-state index >= 15 is 0 Å². The Balaban J connectivity index is 1.48. The predicted molar refractivity (Wildman–Crippen MR) is 82.8 cm³/mol. The van der Waals surface area contributed by atoms with Crippen LogP contribution in [-0.2, 0) is 6.42 Å². The number of H-pyrrole nitrogens is 1. The Morgan fingerprint density at radius 2 is 2.04 bits per heavy atom. The summed E-state index contributed by atoms with van der Waals surface area (Å²) in [6, 6.07) is 4.01. The Morgan fingerprint density at radius 1 is 1.13 bits per heavy atom. The molecule has 0 spiro atoms. The first-order valence-corrected chi connectivity index (χ1v) is 7.77. The van der Waals surface area contributed by atoms with Crippen molar-refractivity contribution in [3.05, 3.63) is 36.4 Å². The molecule has 1 saturated heterocycles. The Bertz CT molecular complexity index is 744. The number of hydrogen-bond acceptors (Lipinski definition) is 7. The lowest BCUT2D eigenvalue weighted by molar-refractivity contribution is 0.384. The molecule has 3 aromatic rings. The van der Waals surface area contributed by atoms with E-state index in [1.807, 2.05) is 12.1 Å². The van der Waals surface area contributed by atoms with Crippen LogP contribution in [0.5, 0.6) is 0 Å². The highest BCUT2D eigenvalue weighted by molar-refractivity contribution is 5.55. The lowest BCUT2D eigenvalue weighted by atomic mass is 10.1. The van der Waals surface area contributed by atoms with Crippen molar-refractivity contribution in [1.82, 2.24) is 30.3 Å². The van der Waals surface area contributed by atoms with Gasteiger partial charge in [-0.1, -0.05) is 5.16 Å². The number of anilines is 1. The second-order valence-electron chi connectivity index (χ2n) is 5.57. The van der Waals surface area contributed by atoms with Gasteiger partial charge in [-0.25, -0.2) is 9.97 Å². The Morgan fingerprint density at radius 3 is 2.78 bits per heavy atom. The van der Waals surface area contributed by atoms with Crippen molar-refractivity contribution in [1.29, 1.82) is 0 Å². The summed E-state index contributed by atoms with van der Waals surface area (Å²) in [6.45, 7) is 2.16. The van der Waals surface area contributed by atoms with Gasteiger partial charge in [0.05, 0.1) is 6.42 Å². The molecule has 0 radical (unpaired) electrons. The Hall–Kier alpha value is -2.77. The molecular formula is C15H17N7O. The smallest absolute Gasteiger partial charge is 0.234 e. The lowest BCUT2D eigenvalue weighted by Gasteiger charge is -2.27. The van der Waals surface area contributed by atoms with E-state index in [1.165, 1.54) is 25.6 Å². The summed E-state index contributed by atoms with van der Waals surface area (Å²) >= 11 is 0. The van der Waals surface area contributed by atoms with Crippen LogP contribution in [0.25, 0.3) is 11.4 Å². The van der Waals surface area contributed by atoms with Crippen molar-refractivity contribution in [2.75, 3.05) is 18.0 Å². The lowest BCUT2D eigenvalue weighted by Crippen LogP contribution is -2.29. The largest absolute Gasteiger partial charge is 0.357 e. The Kier molecular flexibility index (Phi) is 3.71. The van der Waals surface area contributed by atoms with Crippen LogP contribution in [0.2, 0.25) is 0 Å². The second-order valence-corrected chi connectivity index (χ2v) is 5.57. The van der Waals surface area contributed by atoms with Gasteiger partial charge in [-0.3, -0.25) is 5.10 Å². The average Bonchev–Trinajstić information content (AvgIpc) is 3.28. The van der Waals surface area contributed by atoms with E-state index in [4.69, 9.17) is 4.52 Å². The monoisotopic (exact) mass is 311 g/mol. The number of aromatic amines is 1. The van der Waals surface area contributed by atoms with Gasteiger partial charge < -0.3 is 9.42 Å². The Labute approximate surface area is 133 Å². The summed E-state index contributed by atoms with van der Waals surface area (Å²) in [7, 11) is 0. The predicted octanol–water partition coefficient (Wildman–Crippen LogP) is 1.83. The highest BCUT2D eigenvalue weighted by Crippen LogP contribution is 2.21. The van der Waals surface area contributed by atoms with Gasteiger partial charge in [0.25, 0.3) is 0 Å². The molecular weight excluding hydrogens is 294 g/mol. The summed E-state index contributed by atoms with van der Waals surface area (Å²) in [5.74, 6) is 2.74. The third-order valence-corrected chi connectivity index (χ3v) is 3.94.